The predicted molar refractivity (Wildman–Crippen MR) is 64.8 cm³/mol. The van der Waals surface area contributed by atoms with Crippen molar-refractivity contribution >= 4 is 21.6 Å². The number of hydrogen-bond donors (Lipinski definition) is 1. The molecular weight excluding hydrogens is 238 g/mol. The minimum Gasteiger partial charge on any atom is -0.381 e. The van der Waals surface area contributed by atoms with Crippen LogP contribution in [0.5, 0.6) is 0 Å². The summed E-state index contributed by atoms with van der Waals surface area (Å²) >= 11 is 3.62. The smallest absolute Gasteiger partial charge is 0.0489 e. The minimum atomic E-state index is 0.688. The van der Waals surface area contributed by atoms with Gasteiger partial charge in [0.05, 0.1) is 0 Å². The molecule has 0 atom stereocenters. The van der Waals surface area contributed by atoms with E-state index in [-0.39, 0.29) is 0 Å². The lowest BCUT2D eigenvalue weighted by Gasteiger charge is -2.15. The van der Waals surface area contributed by atoms with E-state index in [9.17, 15) is 0 Å². The Morgan fingerprint density at radius 2 is 2.00 bits per heavy atom. The molecular formula is C12H16BrN. The topological polar surface area (TPSA) is 12.0 Å². The van der Waals surface area contributed by atoms with Crippen LogP contribution in [0.25, 0.3) is 0 Å². The molecule has 0 aliphatic heterocycles. The van der Waals surface area contributed by atoms with Crippen molar-refractivity contribution in [3.05, 3.63) is 28.2 Å². The van der Waals surface area contributed by atoms with Crippen LogP contribution in [0.4, 0.5) is 5.69 Å². The highest BCUT2D eigenvalue weighted by Crippen LogP contribution is 2.29. The Hall–Kier alpha value is -0.500. The maximum Gasteiger partial charge on any atom is 0.0489 e. The predicted octanol–water partition coefficient (Wildman–Crippen LogP) is 4.11. The molecule has 1 aromatic carbocycles. The Labute approximate surface area is 94.0 Å². The summed E-state index contributed by atoms with van der Waals surface area (Å²) in [5.74, 6) is 0. The molecule has 76 valence electrons. The van der Waals surface area contributed by atoms with E-state index in [1.54, 1.807) is 0 Å². The first-order valence-corrected chi connectivity index (χ1v) is 6.08. The first-order valence-electron chi connectivity index (χ1n) is 5.29. The summed E-state index contributed by atoms with van der Waals surface area (Å²) in [5.41, 5.74) is 2.55. The normalized spacial score (nSPS) is 17.3. The van der Waals surface area contributed by atoms with E-state index in [0.29, 0.717) is 6.04 Å². The molecule has 0 unspecified atom stereocenters. The van der Waals surface area contributed by atoms with Gasteiger partial charge in [-0.2, -0.15) is 0 Å². The third-order valence-corrected chi connectivity index (χ3v) is 3.96. The quantitative estimate of drug-likeness (QED) is 0.837. The summed E-state index contributed by atoms with van der Waals surface area (Å²) in [5, 5.41) is 3.60. The highest BCUT2D eigenvalue weighted by Gasteiger charge is 2.15. The molecule has 1 aromatic rings. The fourth-order valence-electron chi connectivity index (χ4n) is 2.05. The van der Waals surface area contributed by atoms with Gasteiger partial charge in [-0.25, -0.2) is 0 Å². The fraction of sp³-hybridized carbons (Fsp3) is 0.500. The van der Waals surface area contributed by atoms with Gasteiger partial charge in [0.25, 0.3) is 0 Å². The summed E-state index contributed by atoms with van der Waals surface area (Å²) in [6.07, 6.45) is 5.39. The SMILES string of the molecule is Cc1cccc(NC2CCCC2)c1Br. The van der Waals surface area contributed by atoms with Gasteiger partial charge in [0.15, 0.2) is 0 Å². The van der Waals surface area contributed by atoms with Crippen LogP contribution in [0.15, 0.2) is 22.7 Å². The van der Waals surface area contributed by atoms with Crippen LogP contribution in [0, 0.1) is 6.92 Å². The van der Waals surface area contributed by atoms with Gasteiger partial charge in [0.1, 0.15) is 0 Å². The van der Waals surface area contributed by atoms with Crippen LogP contribution < -0.4 is 5.32 Å². The lowest BCUT2D eigenvalue weighted by atomic mass is 10.2. The van der Waals surface area contributed by atoms with E-state index < -0.39 is 0 Å². The molecule has 1 aliphatic rings. The summed E-state index contributed by atoms with van der Waals surface area (Å²) in [6.45, 7) is 2.13. The summed E-state index contributed by atoms with van der Waals surface area (Å²) in [4.78, 5) is 0. The molecule has 2 rings (SSSR count). The monoisotopic (exact) mass is 253 g/mol. The van der Waals surface area contributed by atoms with Crippen molar-refractivity contribution in [2.45, 2.75) is 38.6 Å². The maximum absolute atomic E-state index is 3.62. The number of hydrogen-bond acceptors (Lipinski definition) is 1. The number of benzene rings is 1. The number of aryl methyl sites for hydroxylation is 1. The van der Waals surface area contributed by atoms with Gasteiger partial charge in [0, 0.05) is 16.2 Å². The third-order valence-electron chi connectivity index (χ3n) is 2.91. The highest BCUT2D eigenvalue weighted by molar-refractivity contribution is 9.10. The highest BCUT2D eigenvalue weighted by atomic mass is 79.9. The number of halogens is 1. The maximum atomic E-state index is 3.62. The van der Waals surface area contributed by atoms with E-state index in [2.05, 4.69) is 46.4 Å². The Bertz CT molecular complexity index is 316. The van der Waals surface area contributed by atoms with E-state index >= 15 is 0 Å². The van der Waals surface area contributed by atoms with Crippen molar-refractivity contribution < 1.29 is 0 Å². The van der Waals surface area contributed by atoms with Gasteiger partial charge in [0.2, 0.25) is 0 Å². The Morgan fingerprint density at radius 3 is 2.71 bits per heavy atom. The minimum absolute atomic E-state index is 0.688. The molecule has 0 bridgehead atoms. The fourth-order valence-corrected chi connectivity index (χ4v) is 2.43. The van der Waals surface area contributed by atoms with Gasteiger partial charge < -0.3 is 5.32 Å². The van der Waals surface area contributed by atoms with Crippen LogP contribution >= 0.6 is 15.9 Å². The first kappa shape index (κ1) is 10.0. The number of rotatable bonds is 2. The zero-order valence-electron chi connectivity index (χ0n) is 8.52. The first-order chi connectivity index (χ1) is 6.77. The third kappa shape index (κ3) is 2.11. The van der Waals surface area contributed by atoms with Crippen molar-refractivity contribution in [3.63, 3.8) is 0 Å². The molecule has 1 N–H and O–H groups in total. The molecule has 1 fully saturated rings. The number of anilines is 1. The molecule has 0 radical (unpaired) electrons. The molecule has 14 heavy (non-hydrogen) atoms. The second kappa shape index (κ2) is 4.35. The van der Waals surface area contributed by atoms with E-state index in [0.717, 1.165) is 0 Å². The molecule has 0 amide bonds. The molecule has 1 aliphatic carbocycles. The second-order valence-electron chi connectivity index (χ2n) is 4.06. The summed E-state index contributed by atoms with van der Waals surface area (Å²) < 4.78 is 1.21. The van der Waals surface area contributed by atoms with Gasteiger partial charge in [-0.3, -0.25) is 0 Å². The van der Waals surface area contributed by atoms with Gasteiger partial charge in [-0.1, -0.05) is 25.0 Å². The zero-order chi connectivity index (χ0) is 9.97. The molecule has 0 saturated heterocycles. The van der Waals surface area contributed by atoms with Crippen molar-refractivity contribution in [1.82, 2.24) is 0 Å². The molecule has 0 aromatic heterocycles. The van der Waals surface area contributed by atoms with E-state index in [1.165, 1.54) is 41.4 Å². The van der Waals surface area contributed by atoms with Crippen molar-refractivity contribution in [2.24, 2.45) is 0 Å². The van der Waals surface area contributed by atoms with Crippen molar-refractivity contribution in [2.75, 3.05) is 5.32 Å². The van der Waals surface area contributed by atoms with Gasteiger partial charge in [-0.05, 0) is 47.3 Å². The zero-order valence-corrected chi connectivity index (χ0v) is 10.1. The van der Waals surface area contributed by atoms with Crippen molar-refractivity contribution in [3.8, 4) is 0 Å². The van der Waals surface area contributed by atoms with Crippen LogP contribution in [-0.4, -0.2) is 6.04 Å². The molecule has 1 saturated carbocycles. The second-order valence-corrected chi connectivity index (χ2v) is 4.86. The summed E-state index contributed by atoms with van der Waals surface area (Å²) in [7, 11) is 0. The Morgan fingerprint density at radius 1 is 1.29 bits per heavy atom. The lowest BCUT2D eigenvalue weighted by molar-refractivity contribution is 0.755. The van der Waals surface area contributed by atoms with Crippen molar-refractivity contribution in [1.29, 1.82) is 0 Å². The van der Waals surface area contributed by atoms with Crippen LogP contribution in [0.3, 0.4) is 0 Å². The standard InChI is InChI=1S/C12H16BrN/c1-9-5-4-8-11(12(9)13)14-10-6-2-3-7-10/h4-5,8,10,14H,2-3,6-7H2,1H3. The Balaban J connectivity index is 2.11. The summed E-state index contributed by atoms with van der Waals surface area (Å²) in [6, 6.07) is 7.07. The average molecular weight is 254 g/mol. The van der Waals surface area contributed by atoms with Crippen LogP contribution in [0.2, 0.25) is 0 Å². The van der Waals surface area contributed by atoms with Crippen LogP contribution in [-0.2, 0) is 0 Å². The van der Waals surface area contributed by atoms with Gasteiger partial charge >= 0.3 is 0 Å². The number of nitrogens with one attached hydrogen (secondary N) is 1. The van der Waals surface area contributed by atoms with E-state index in [1.807, 2.05) is 0 Å². The Kier molecular flexibility index (Phi) is 3.12. The largest absolute Gasteiger partial charge is 0.381 e. The van der Waals surface area contributed by atoms with E-state index in [4.69, 9.17) is 0 Å². The van der Waals surface area contributed by atoms with Gasteiger partial charge in [-0.15, -0.1) is 0 Å². The lowest BCUT2D eigenvalue weighted by Crippen LogP contribution is -2.14. The molecule has 0 spiro atoms. The van der Waals surface area contributed by atoms with Crippen LogP contribution in [0.1, 0.15) is 31.2 Å². The molecule has 0 heterocycles. The molecule has 1 nitrogen and oxygen atoms in total. The molecule has 2 heteroatoms. The average Bonchev–Trinajstić information content (AvgIpc) is 2.66.